The van der Waals surface area contributed by atoms with Crippen molar-refractivity contribution in [1.29, 1.82) is 0 Å². The Morgan fingerprint density at radius 2 is 2.08 bits per heavy atom. The Morgan fingerprint density at radius 1 is 1.29 bits per heavy atom. The van der Waals surface area contributed by atoms with Gasteiger partial charge in [0.05, 0.1) is 12.2 Å². The summed E-state index contributed by atoms with van der Waals surface area (Å²) in [6.07, 6.45) is 3.99. The fourth-order valence-corrected chi connectivity index (χ4v) is 2.90. The minimum absolute atomic E-state index is 0.0472. The summed E-state index contributed by atoms with van der Waals surface area (Å²) >= 11 is 0. The number of nitrogens with one attached hydrogen (secondary N) is 1. The van der Waals surface area contributed by atoms with Gasteiger partial charge in [-0.1, -0.05) is 19.1 Å². The highest BCUT2D eigenvalue weighted by molar-refractivity contribution is 6.04. The van der Waals surface area contributed by atoms with E-state index in [0.717, 1.165) is 30.4 Å². The van der Waals surface area contributed by atoms with Crippen molar-refractivity contribution >= 4 is 17.4 Å². The van der Waals surface area contributed by atoms with Gasteiger partial charge in [-0.3, -0.25) is 4.79 Å². The Kier molecular flexibility index (Phi) is 5.11. The van der Waals surface area contributed by atoms with E-state index in [2.05, 4.69) is 22.1 Å². The summed E-state index contributed by atoms with van der Waals surface area (Å²) in [6.45, 7) is 4.28. The van der Waals surface area contributed by atoms with Crippen LogP contribution in [0.5, 0.6) is 0 Å². The van der Waals surface area contributed by atoms with Gasteiger partial charge in [0.15, 0.2) is 0 Å². The molecule has 1 fully saturated rings. The van der Waals surface area contributed by atoms with Crippen molar-refractivity contribution in [1.82, 2.24) is 4.98 Å². The van der Waals surface area contributed by atoms with Gasteiger partial charge in [-0.25, -0.2) is 4.98 Å². The van der Waals surface area contributed by atoms with Crippen molar-refractivity contribution in [3.8, 4) is 0 Å². The summed E-state index contributed by atoms with van der Waals surface area (Å²) in [5, 5.41) is 12.0. The van der Waals surface area contributed by atoms with Crippen molar-refractivity contribution in [2.45, 2.75) is 26.4 Å². The molecule has 1 saturated heterocycles. The van der Waals surface area contributed by atoms with E-state index in [-0.39, 0.29) is 12.5 Å². The second kappa shape index (κ2) is 7.45. The zero-order valence-corrected chi connectivity index (χ0v) is 13.9. The quantitative estimate of drug-likeness (QED) is 0.907. The van der Waals surface area contributed by atoms with Gasteiger partial charge in [0, 0.05) is 25.0 Å². The van der Waals surface area contributed by atoms with Gasteiger partial charge in [0.25, 0.3) is 5.91 Å². The fourth-order valence-electron chi connectivity index (χ4n) is 2.90. The number of carbonyl (C=O) groups is 1. The van der Waals surface area contributed by atoms with Gasteiger partial charge in [-0.2, -0.15) is 0 Å². The normalized spacial score (nSPS) is 15.3. The first kappa shape index (κ1) is 16.5. The topological polar surface area (TPSA) is 65.5 Å². The lowest BCUT2D eigenvalue weighted by Crippen LogP contribution is -2.33. The number of hydrogen-bond donors (Lipinski definition) is 2. The molecular formula is C19H23N3O2. The first-order chi connectivity index (χ1) is 11.7. The zero-order valence-electron chi connectivity index (χ0n) is 13.9. The number of rotatable bonds is 4. The number of carbonyl (C=O) groups excluding carboxylic acids is 1. The van der Waals surface area contributed by atoms with Gasteiger partial charge in [-0.15, -0.1) is 0 Å². The van der Waals surface area contributed by atoms with Crippen LogP contribution in [0.1, 0.15) is 35.7 Å². The molecule has 1 amide bonds. The summed E-state index contributed by atoms with van der Waals surface area (Å²) in [7, 11) is 0. The van der Waals surface area contributed by atoms with Crippen LogP contribution < -0.4 is 10.2 Å². The fraction of sp³-hybridized carbons (Fsp3) is 0.368. The molecule has 5 heteroatoms. The number of anilines is 2. The lowest BCUT2D eigenvalue weighted by molar-refractivity contribution is 0.102. The predicted molar refractivity (Wildman–Crippen MR) is 95.2 cm³/mol. The van der Waals surface area contributed by atoms with E-state index < -0.39 is 0 Å². The van der Waals surface area contributed by atoms with E-state index >= 15 is 0 Å². The number of amides is 1. The maximum Gasteiger partial charge on any atom is 0.257 e. The third-order valence-corrected chi connectivity index (χ3v) is 4.49. The largest absolute Gasteiger partial charge is 0.392 e. The number of pyridine rings is 1. The van der Waals surface area contributed by atoms with E-state index in [0.29, 0.717) is 11.3 Å². The lowest BCUT2D eigenvalue weighted by Gasteiger charge is -2.31. The highest BCUT2D eigenvalue weighted by Crippen LogP contribution is 2.21. The SMILES string of the molecule is CC1CCN(c2ccc(C(=O)Nc3cccc(CO)c3)cn2)CC1. The van der Waals surface area contributed by atoms with E-state index in [1.54, 1.807) is 24.4 Å². The smallest absolute Gasteiger partial charge is 0.257 e. The summed E-state index contributed by atoms with van der Waals surface area (Å²) in [5.41, 5.74) is 1.96. The third kappa shape index (κ3) is 3.92. The standard InChI is InChI=1S/C19H23N3O2/c1-14-7-9-22(10-8-14)18-6-5-16(12-20-18)19(24)21-17-4-2-3-15(11-17)13-23/h2-6,11-12,14,23H,7-10,13H2,1H3,(H,21,24). The van der Waals surface area contributed by atoms with Gasteiger partial charge < -0.3 is 15.3 Å². The average molecular weight is 325 g/mol. The minimum Gasteiger partial charge on any atom is -0.392 e. The molecule has 0 bridgehead atoms. The first-order valence-electron chi connectivity index (χ1n) is 8.38. The monoisotopic (exact) mass is 325 g/mol. The predicted octanol–water partition coefficient (Wildman–Crippen LogP) is 3.06. The molecule has 5 nitrogen and oxygen atoms in total. The van der Waals surface area contributed by atoms with Crippen molar-refractivity contribution in [3.05, 3.63) is 53.7 Å². The van der Waals surface area contributed by atoms with Crippen LogP contribution in [0.25, 0.3) is 0 Å². The van der Waals surface area contributed by atoms with Gasteiger partial charge in [0.1, 0.15) is 5.82 Å². The number of aliphatic hydroxyl groups excluding tert-OH is 1. The van der Waals surface area contributed by atoms with Crippen LogP contribution in [0.3, 0.4) is 0 Å². The second-order valence-corrected chi connectivity index (χ2v) is 6.39. The summed E-state index contributed by atoms with van der Waals surface area (Å²) in [6, 6.07) is 10.9. The van der Waals surface area contributed by atoms with Crippen LogP contribution in [0.15, 0.2) is 42.6 Å². The molecule has 1 aliphatic rings. The maximum absolute atomic E-state index is 12.3. The first-order valence-corrected chi connectivity index (χ1v) is 8.38. The Bertz CT molecular complexity index is 692. The van der Waals surface area contributed by atoms with Crippen molar-refractivity contribution in [2.24, 2.45) is 5.92 Å². The lowest BCUT2D eigenvalue weighted by atomic mass is 9.99. The Balaban J connectivity index is 1.65. The summed E-state index contributed by atoms with van der Waals surface area (Å²) < 4.78 is 0. The number of piperidine rings is 1. The van der Waals surface area contributed by atoms with Crippen molar-refractivity contribution in [3.63, 3.8) is 0 Å². The Labute approximate surface area is 142 Å². The molecule has 2 heterocycles. The van der Waals surface area contributed by atoms with Gasteiger partial charge >= 0.3 is 0 Å². The van der Waals surface area contributed by atoms with Crippen LogP contribution in [0.2, 0.25) is 0 Å². The van der Waals surface area contributed by atoms with Crippen molar-refractivity contribution in [2.75, 3.05) is 23.3 Å². The van der Waals surface area contributed by atoms with E-state index in [1.165, 1.54) is 12.8 Å². The third-order valence-electron chi connectivity index (χ3n) is 4.49. The Hall–Kier alpha value is -2.40. The molecule has 24 heavy (non-hydrogen) atoms. The van der Waals surface area contributed by atoms with Crippen molar-refractivity contribution < 1.29 is 9.90 Å². The van der Waals surface area contributed by atoms with E-state index in [1.807, 2.05) is 18.2 Å². The van der Waals surface area contributed by atoms with Crippen LogP contribution in [-0.4, -0.2) is 29.1 Å². The molecule has 0 atom stereocenters. The van der Waals surface area contributed by atoms with E-state index in [9.17, 15) is 4.79 Å². The summed E-state index contributed by atoms with van der Waals surface area (Å²) in [5.74, 6) is 1.51. The van der Waals surface area contributed by atoms with Crippen LogP contribution in [0, 0.1) is 5.92 Å². The molecule has 0 radical (unpaired) electrons. The average Bonchev–Trinajstić information content (AvgIpc) is 2.62. The number of aromatic nitrogens is 1. The number of aliphatic hydroxyl groups is 1. The minimum atomic E-state index is -0.198. The van der Waals surface area contributed by atoms with E-state index in [4.69, 9.17) is 5.11 Å². The highest BCUT2D eigenvalue weighted by Gasteiger charge is 2.17. The molecule has 126 valence electrons. The number of benzene rings is 1. The zero-order chi connectivity index (χ0) is 16.9. The summed E-state index contributed by atoms with van der Waals surface area (Å²) in [4.78, 5) is 19.0. The van der Waals surface area contributed by atoms with Crippen LogP contribution >= 0.6 is 0 Å². The maximum atomic E-state index is 12.3. The molecule has 2 aromatic rings. The molecular weight excluding hydrogens is 302 g/mol. The molecule has 0 aliphatic carbocycles. The molecule has 0 unspecified atom stereocenters. The van der Waals surface area contributed by atoms with Crippen LogP contribution in [0.4, 0.5) is 11.5 Å². The molecule has 0 spiro atoms. The number of nitrogens with zero attached hydrogens (tertiary/aromatic N) is 2. The molecule has 1 aromatic heterocycles. The molecule has 1 aromatic carbocycles. The molecule has 2 N–H and O–H groups in total. The molecule has 1 aliphatic heterocycles. The molecule has 3 rings (SSSR count). The van der Waals surface area contributed by atoms with Crippen LogP contribution in [-0.2, 0) is 6.61 Å². The highest BCUT2D eigenvalue weighted by atomic mass is 16.3. The number of hydrogen-bond acceptors (Lipinski definition) is 4. The second-order valence-electron chi connectivity index (χ2n) is 6.39. The van der Waals surface area contributed by atoms with Gasteiger partial charge in [-0.05, 0) is 48.6 Å². The Morgan fingerprint density at radius 3 is 2.75 bits per heavy atom. The van der Waals surface area contributed by atoms with Gasteiger partial charge in [0.2, 0.25) is 0 Å². The molecule has 0 saturated carbocycles.